The summed E-state index contributed by atoms with van der Waals surface area (Å²) >= 11 is 5.95. The number of methoxy groups -OCH3 is 1. The Labute approximate surface area is 136 Å². The minimum absolute atomic E-state index is 0.0164. The van der Waals surface area contributed by atoms with Crippen molar-refractivity contribution in [2.24, 2.45) is 0 Å². The smallest absolute Gasteiger partial charge is 0.328 e. The quantitative estimate of drug-likeness (QED) is 0.793. The van der Waals surface area contributed by atoms with Gasteiger partial charge in [-0.1, -0.05) is 25.4 Å². The third kappa shape index (κ3) is 4.86. The highest BCUT2D eigenvalue weighted by Gasteiger charge is 2.25. The molecule has 0 aromatic heterocycles. The third-order valence-electron chi connectivity index (χ3n) is 3.03. The van der Waals surface area contributed by atoms with Crippen molar-refractivity contribution in [3.8, 4) is 0 Å². The Morgan fingerprint density at radius 3 is 2.59 bits per heavy atom. The number of benzene rings is 1. The Bertz CT molecular complexity index is 615. The van der Waals surface area contributed by atoms with Gasteiger partial charge in [-0.05, 0) is 31.0 Å². The van der Waals surface area contributed by atoms with Crippen LogP contribution >= 0.6 is 11.6 Å². The Morgan fingerprint density at radius 2 is 2.05 bits per heavy atom. The van der Waals surface area contributed by atoms with Crippen LogP contribution in [0.1, 0.15) is 38.4 Å². The third-order valence-corrected chi connectivity index (χ3v) is 4.67. The first-order valence-corrected chi connectivity index (χ1v) is 8.84. The fourth-order valence-corrected chi connectivity index (χ4v) is 3.34. The van der Waals surface area contributed by atoms with Crippen molar-refractivity contribution < 1.29 is 17.9 Å². The molecule has 0 aliphatic rings. The van der Waals surface area contributed by atoms with Crippen LogP contribution in [-0.4, -0.2) is 28.1 Å². The van der Waals surface area contributed by atoms with Crippen LogP contribution in [0.4, 0.5) is 4.79 Å². The van der Waals surface area contributed by atoms with Gasteiger partial charge in [0.05, 0.1) is 11.0 Å². The fraction of sp³-hybridized carbons (Fsp3) is 0.500. The molecule has 0 saturated heterocycles. The van der Waals surface area contributed by atoms with Crippen molar-refractivity contribution in [3.05, 3.63) is 28.8 Å². The number of sulfonamides is 1. The van der Waals surface area contributed by atoms with E-state index < -0.39 is 22.2 Å². The van der Waals surface area contributed by atoms with Crippen molar-refractivity contribution in [1.29, 1.82) is 0 Å². The van der Waals surface area contributed by atoms with E-state index in [1.807, 2.05) is 18.6 Å². The van der Waals surface area contributed by atoms with Gasteiger partial charge in [-0.15, -0.1) is 0 Å². The lowest BCUT2D eigenvalue weighted by Gasteiger charge is -2.18. The van der Waals surface area contributed by atoms with Crippen molar-refractivity contribution in [2.75, 3.05) is 13.7 Å². The average molecular weight is 349 g/mol. The SMILES string of the molecule is CCCNC(=O)NS(=O)(=O)c1ccc(Cl)cc1C(CC)OC. The minimum atomic E-state index is -4.00. The first-order chi connectivity index (χ1) is 10.4. The van der Waals surface area contributed by atoms with Gasteiger partial charge < -0.3 is 10.1 Å². The van der Waals surface area contributed by atoms with Gasteiger partial charge in [-0.25, -0.2) is 17.9 Å². The summed E-state index contributed by atoms with van der Waals surface area (Å²) in [6.45, 7) is 4.13. The standard InChI is InChI=1S/C14H21ClN2O4S/c1-4-8-16-14(18)17-22(19,20)13-7-6-10(15)9-11(13)12(5-2)21-3/h6-7,9,12H,4-5,8H2,1-3H3,(H2,16,17,18). The molecule has 1 aromatic rings. The number of rotatable bonds is 7. The zero-order valence-electron chi connectivity index (χ0n) is 12.8. The molecule has 0 fully saturated rings. The van der Waals surface area contributed by atoms with E-state index in [4.69, 9.17) is 16.3 Å². The van der Waals surface area contributed by atoms with Gasteiger partial charge in [0.15, 0.2) is 0 Å². The Balaban J connectivity index is 3.16. The molecule has 0 spiro atoms. The van der Waals surface area contributed by atoms with E-state index in [1.54, 1.807) is 0 Å². The van der Waals surface area contributed by atoms with Crippen LogP contribution in [0.15, 0.2) is 23.1 Å². The largest absolute Gasteiger partial charge is 0.377 e. The number of hydrogen-bond donors (Lipinski definition) is 2. The van der Waals surface area contributed by atoms with Gasteiger partial charge in [0.1, 0.15) is 0 Å². The number of carbonyl (C=O) groups excluding carboxylic acids is 1. The first kappa shape index (κ1) is 18.7. The minimum Gasteiger partial charge on any atom is -0.377 e. The van der Waals surface area contributed by atoms with Gasteiger partial charge in [-0.2, -0.15) is 0 Å². The predicted octanol–water partition coefficient (Wildman–Crippen LogP) is 2.84. The summed E-state index contributed by atoms with van der Waals surface area (Å²) in [5.74, 6) is 0. The zero-order valence-corrected chi connectivity index (χ0v) is 14.4. The van der Waals surface area contributed by atoms with E-state index in [9.17, 15) is 13.2 Å². The van der Waals surface area contributed by atoms with Crippen LogP contribution in [0, 0.1) is 0 Å². The highest BCUT2D eigenvalue weighted by molar-refractivity contribution is 7.90. The summed E-state index contributed by atoms with van der Waals surface area (Å²) < 4.78 is 32.1. The Morgan fingerprint density at radius 1 is 1.36 bits per heavy atom. The van der Waals surface area contributed by atoms with Crippen molar-refractivity contribution in [1.82, 2.24) is 10.0 Å². The molecule has 1 rings (SSSR count). The van der Waals surface area contributed by atoms with Crippen LogP contribution in [0.2, 0.25) is 5.02 Å². The highest BCUT2D eigenvalue weighted by Crippen LogP contribution is 2.29. The van der Waals surface area contributed by atoms with Crippen LogP contribution in [0.25, 0.3) is 0 Å². The summed E-state index contributed by atoms with van der Waals surface area (Å²) in [4.78, 5) is 11.6. The van der Waals surface area contributed by atoms with Crippen LogP contribution in [0.3, 0.4) is 0 Å². The second-order valence-corrected chi connectivity index (χ2v) is 6.76. The maximum Gasteiger partial charge on any atom is 0.328 e. The summed E-state index contributed by atoms with van der Waals surface area (Å²) in [6.07, 6.45) is 0.854. The number of hydrogen-bond acceptors (Lipinski definition) is 4. The number of amides is 2. The first-order valence-electron chi connectivity index (χ1n) is 6.98. The Hall–Kier alpha value is -1.31. The predicted molar refractivity (Wildman–Crippen MR) is 85.5 cm³/mol. The molecule has 0 radical (unpaired) electrons. The van der Waals surface area contributed by atoms with E-state index >= 15 is 0 Å². The van der Waals surface area contributed by atoms with Gasteiger partial charge in [-0.3, -0.25) is 0 Å². The molecule has 2 N–H and O–H groups in total. The van der Waals surface area contributed by atoms with E-state index in [1.165, 1.54) is 25.3 Å². The van der Waals surface area contributed by atoms with E-state index in [0.717, 1.165) is 0 Å². The molecule has 6 nitrogen and oxygen atoms in total. The molecule has 0 aliphatic heterocycles. The van der Waals surface area contributed by atoms with Gasteiger partial charge in [0.2, 0.25) is 0 Å². The summed E-state index contributed by atoms with van der Waals surface area (Å²) in [7, 11) is -2.51. The maximum absolute atomic E-state index is 12.4. The van der Waals surface area contributed by atoms with E-state index in [2.05, 4.69) is 5.32 Å². The van der Waals surface area contributed by atoms with E-state index in [-0.39, 0.29) is 4.90 Å². The second-order valence-electron chi connectivity index (χ2n) is 4.68. The number of urea groups is 1. The van der Waals surface area contributed by atoms with Crippen molar-refractivity contribution >= 4 is 27.7 Å². The molecular formula is C14H21ClN2O4S. The number of halogens is 1. The molecule has 1 aromatic carbocycles. The topological polar surface area (TPSA) is 84.5 Å². The maximum atomic E-state index is 12.4. The highest BCUT2D eigenvalue weighted by atomic mass is 35.5. The summed E-state index contributed by atoms with van der Waals surface area (Å²) in [5, 5.41) is 2.86. The average Bonchev–Trinajstić information content (AvgIpc) is 2.45. The van der Waals surface area contributed by atoms with Crippen molar-refractivity contribution in [3.63, 3.8) is 0 Å². The molecule has 22 heavy (non-hydrogen) atoms. The lowest BCUT2D eigenvalue weighted by Crippen LogP contribution is -2.40. The molecule has 8 heteroatoms. The van der Waals surface area contributed by atoms with Crippen LogP contribution in [0.5, 0.6) is 0 Å². The normalized spacial score (nSPS) is 12.7. The lowest BCUT2D eigenvalue weighted by atomic mass is 10.1. The molecule has 124 valence electrons. The fourth-order valence-electron chi connectivity index (χ4n) is 1.98. The van der Waals surface area contributed by atoms with Crippen LogP contribution in [-0.2, 0) is 14.8 Å². The molecular weight excluding hydrogens is 328 g/mol. The second kappa shape index (κ2) is 8.36. The molecule has 0 saturated carbocycles. The van der Waals surface area contributed by atoms with Gasteiger partial charge in [0, 0.05) is 24.2 Å². The molecule has 0 aliphatic carbocycles. The van der Waals surface area contributed by atoms with Gasteiger partial charge >= 0.3 is 6.03 Å². The van der Waals surface area contributed by atoms with E-state index in [0.29, 0.717) is 30.0 Å². The van der Waals surface area contributed by atoms with Gasteiger partial charge in [0.25, 0.3) is 10.0 Å². The monoisotopic (exact) mass is 348 g/mol. The molecule has 0 bridgehead atoms. The Kier molecular flexibility index (Phi) is 7.12. The van der Waals surface area contributed by atoms with Crippen molar-refractivity contribution in [2.45, 2.75) is 37.7 Å². The number of nitrogens with one attached hydrogen (secondary N) is 2. The molecule has 0 heterocycles. The molecule has 1 unspecified atom stereocenters. The van der Waals surface area contributed by atoms with Crippen LogP contribution < -0.4 is 10.0 Å². The molecule has 1 atom stereocenters. The summed E-state index contributed by atoms with van der Waals surface area (Å²) in [5.41, 5.74) is 0.424. The summed E-state index contributed by atoms with van der Waals surface area (Å²) in [6, 6.07) is 3.62. The number of carbonyl (C=O) groups is 1. The zero-order chi connectivity index (χ0) is 16.8. The lowest BCUT2D eigenvalue weighted by molar-refractivity contribution is 0.0977. The molecule has 2 amide bonds. The number of ether oxygens (including phenoxy) is 1.